The molecule has 1 aliphatic rings. The van der Waals surface area contributed by atoms with E-state index in [1.807, 2.05) is 0 Å². The summed E-state index contributed by atoms with van der Waals surface area (Å²) in [4.78, 5) is 2.58. The molecule has 2 nitrogen and oxygen atoms in total. The van der Waals surface area contributed by atoms with Gasteiger partial charge >= 0.3 is 0 Å². The Morgan fingerprint density at radius 3 is 2.47 bits per heavy atom. The van der Waals surface area contributed by atoms with Crippen LogP contribution in [0.2, 0.25) is 0 Å². The van der Waals surface area contributed by atoms with Crippen LogP contribution in [0.3, 0.4) is 0 Å². The summed E-state index contributed by atoms with van der Waals surface area (Å²) in [5.41, 5.74) is 7.25. The highest BCUT2D eigenvalue weighted by Crippen LogP contribution is 2.23. The van der Waals surface area contributed by atoms with E-state index in [9.17, 15) is 0 Å². The van der Waals surface area contributed by atoms with Crippen molar-refractivity contribution in [3.63, 3.8) is 0 Å². The monoisotopic (exact) mass is 324 g/mol. The van der Waals surface area contributed by atoms with Crippen LogP contribution in [0.4, 0.5) is 0 Å². The highest BCUT2D eigenvalue weighted by molar-refractivity contribution is 9.10. The van der Waals surface area contributed by atoms with Gasteiger partial charge in [-0.05, 0) is 69.3 Å². The van der Waals surface area contributed by atoms with Gasteiger partial charge in [-0.1, -0.05) is 28.1 Å². The van der Waals surface area contributed by atoms with Crippen molar-refractivity contribution in [2.75, 3.05) is 13.1 Å². The Morgan fingerprint density at radius 1 is 1.26 bits per heavy atom. The van der Waals surface area contributed by atoms with Gasteiger partial charge in [0.15, 0.2) is 0 Å². The molecule has 1 aromatic carbocycles. The molecule has 1 aromatic rings. The highest BCUT2D eigenvalue weighted by atomic mass is 79.9. The van der Waals surface area contributed by atoms with Crippen LogP contribution in [-0.4, -0.2) is 24.0 Å². The first kappa shape index (κ1) is 15.0. The van der Waals surface area contributed by atoms with Crippen molar-refractivity contribution in [3.8, 4) is 0 Å². The molecule has 0 amide bonds. The van der Waals surface area contributed by atoms with E-state index in [0.29, 0.717) is 6.04 Å². The average Bonchev–Trinajstić information content (AvgIpc) is 2.40. The molecule has 2 rings (SSSR count). The van der Waals surface area contributed by atoms with Crippen LogP contribution in [-0.2, 0) is 6.54 Å². The SMILES string of the molecule is CC(N)CCC1CCN(Cc2ccc(Br)cc2)CC1. The maximum Gasteiger partial charge on any atom is 0.0233 e. The molecule has 1 aliphatic heterocycles. The lowest BCUT2D eigenvalue weighted by Crippen LogP contribution is -2.33. The molecule has 0 aromatic heterocycles. The molecule has 0 radical (unpaired) electrons. The largest absolute Gasteiger partial charge is 0.328 e. The number of rotatable bonds is 5. The Kier molecular flexibility index (Phi) is 5.86. The Hall–Kier alpha value is -0.380. The minimum absolute atomic E-state index is 0.362. The third-order valence-corrected chi connectivity index (χ3v) is 4.59. The van der Waals surface area contributed by atoms with E-state index in [-0.39, 0.29) is 0 Å². The van der Waals surface area contributed by atoms with Crippen molar-refractivity contribution in [2.45, 2.75) is 45.2 Å². The second-order valence-corrected chi connectivity index (χ2v) is 6.82. The number of hydrogen-bond donors (Lipinski definition) is 1. The van der Waals surface area contributed by atoms with Crippen molar-refractivity contribution >= 4 is 15.9 Å². The van der Waals surface area contributed by atoms with Crippen LogP contribution in [0.5, 0.6) is 0 Å². The van der Waals surface area contributed by atoms with E-state index in [2.05, 4.69) is 52.0 Å². The molecule has 19 heavy (non-hydrogen) atoms. The van der Waals surface area contributed by atoms with E-state index in [1.54, 1.807) is 0 Å². The fourth-order valence-corrected chi connectivity index (χ4v) is 3.04. The Labute approximate surface area is 125 Å². The van der Waals surface area contributed by atoms with Crippen LogP contribution >= 0.6 is 15.9 Å². The van der Waals surface area contributed by atoms with Crippen molar-refractivity contribution in [1.82, 2.24) is 4.90 Å². The van der Waals surface area contributed by atoms with E-state index in [1.165, 1.54) is 44.3 Å². The summed E-state index contributed by atoms with van der Waals surface area (Å²) in [5.74, 6) is 0.896. The van der Waals surface area contributed by atoms with Gasteiger partial charge in [0, 0.05) is 17.1 Å². The first-order valence-electron chi connectivity index (χ1n) is 7.36. The lowest BCUT2D eigenvalue weighted by Gasteiger charge is -2.32. The van der Waals surface area contributed by atoms with Crippen molar-refractivity contribution in [2.24, 2.45) is 11.7 Å². The van der Waals surface area contributed by atoms with Gasteiger partial charge in [-0.3, -0.25) is 4.90 Å². The van der Waals surface area contributed by atoms with Gasteiger partial charge in [0.2, 0.25) is 0 Å². The quantitative estimate of drug-likeness (QED) is 0.892. The summed E-state index contributed by atoms with van der Waals surface area (Å²) < 4.78 is 1.16. The fraction of sp³-hybridized carbons (Fsp3) is 0.625. The van der Waals surface area contributed by atoms with Gasteiger partial charge in [-0.2, -0.15) is 0 Å². The van der Waals surface area contributed by atoms with Gasteiger partial charge in [-0.25, -0.2) is 0 Å². The molecule has 0 bridgehead atoms. The molecule has 1 saturated heterocycles. The van der Waals surface area contributed by atoms with Crippen molar-refractivity contribution < 1.29 is 0 Å². The smallest absolute Gasteiger partial charge is 0.0233 e. The van der Waals surface area contributed by atoms with Gasteiger partial charge in [0.1, 0.15) is 0 Å². The molecule has 1 heterocycles. The maximum atomic E-state index is 5.84. The molecular weight excluding hydrogens is 300 g/mol. The molecule has 0 aliphatic carbocycles. The molecule has 3 heteroatoms. The minimum Gasteiger partial charge on any atom is -0.328 e. The van der Waals surface area contributed by atoms with Crippen LogP contribution in [0.15, 0.2) is 28.7 Å². The van der Waals surface area contributed by atoms with Crippen LogP contribution in [0.25, 0.3) is 0 Å². The zero-order valence-corrected chi connectivity index (χ0v) is 13.4. The van der Waals surface area contributed by atoms with Gasteiger partial charge in [0.25, 0.3) is 0 Å². The molecule has 0 spiro atoms. The van der Waals surface area contributed by atoms with Crippen LogP contribution in [0, 0.1) is 5.92 Å². The predicted octanol–water partition coefficient (Wildman–Crippen LogP) is 3.79. The third-order valence-electron chi connectivity index (χ3n) is 4.06. The van der Waals surface area contributed by atoms with Gasteiger partial charge in [-0.15, -0.1) is 0 Å². The number of nitrogens with zero attached hydrogens (tertiary/aromatic N) is 1. The molecule has 1 unspecified atom stereocenters. The molecule has 106 valence electrons. The lowest BCUT2D eigenvalue weighted by atomic mass is 9.91. The summed E-state index contributed by atoms with van der Waals surface area (Å²) in [6.45, 7) is 5.68. The number of hydrogen-bond acceptors (Lipinski definition) is 2. The Bertz CT molecular complexity index is 367. The van der Waals surface area contributed by atoms with Gasteiger partial charge in [0.05, 0.1) is 0 Å². The van der Waals surface area contributed by atoms with Crippen LogP contribution in [0.1, 0.15) is 38.2 Å². The molecule has 1 fully saturated rings. The number of benzene rings is 1. The molecule has 2 N–H and O–H groups in total. The van der Waals surface area contributed by atoms with E-state index < -0.39 is 0 Å². The second-order valence-electron chi connectivity index (χ2n) is 5.90. The van der Waals surface area contributed by atoms with Crippen molar-refractivity contribution in [3.05, 3.63) is 34.3 Å². The Balaban J connectivity index is 1.72. The molecule has 0 saturated carbocycles. The summed E-state index contributed by atoms with van der Waals surface area (Å²) in [6.07, 6.45) is 5.16. The standard InChI is InChI=1S/C16H25BrN2/c1-13(18)2-3-14-8-10-19(11-9-14)12-15-4-6-16(17)7-5-15/h4-7,13-14H,2-3,8-12,18H2,1H3. The third kappa shape index (κ3) is 5.25. The predicted molar refractivity (Wildman–Crippen MR) is 85.0 cm³/mol. The first-order chi connectivity index (χ1) is 9.13. The normalized spacial score (nSPS) is 19.5. The summed E-state index contributed by atoms with van der Waals surface area (Å²) >= 11 is 3.48. The topological polar surface area (TPSA) is 29.3 Å². The van der Waals surface area contributed by atoms with Gasteiger partial charge < -0.3 is 5.73 Å². The Morgan fingerprint density at radius 2 is 1.89 bits per heavy atom. The van der Waals surface area contributed by atoms with Crippen LogP contribution < -0.4 is 5.73 Å². The second kappa shape index (κ2) is 7.41. The number of likely N-dealkylation sites (tertiary alicyclic amines) is 1. The molecular formula is C16H25BrN2. The zero-order chi connectivity index (χ0) is 13.7. The van der Waals surface area contributed by atoms with E-state index in [0.717, 1.165) is 16.9 Å². The number of piperidine rings is 1. The fourth-order valence-electron chi connectivity index (χ4n) is 2.78. The number of halogens is 1. The summed E-state index contributed by atoms with van der Waals surface area (Å²) in [7, 11) is 0. The van der Waals surface area contributed by atoms with E-state index >= 15 is 0 Å². The minimum atomic E-state index is 0.362. The van der Waals surface area contributed by atoms with Crippen molar-refractivity contribution in [1.29, 1.82) is 0 Å². The summed E-state index contributed by atoms with van der Waals surface area (Å²) in [5, 5.41) is 0. The zero-order valence-electron chi connectivity index (χ0n) is 11.8. The highest BCUT2D eigenvalue weighted by Gasteiger charge is 2.19. The first-order valence-corrected chi connectivity index (χ1v) is 8.15. The molecule has 1 atom stereocenters. The average molecular weight is 325 g/mol. The number of nitrogens with two attached hydrogens (primary N) is 1. The summed E-state index contributed by atoms with van der Waals surface area (Å²) in [6, 6.07) is 9.05. The lowest BCUT2D eigenvalue weighted by molar-refractivity contribution is 0.170. The maximum absolute atomic E-state index is 5.84. The van der Waals surface area contributed by atoms with E-state index in [4.69, 9.17) is 5.73 Å².